The van der Waals surface area contributed by atoms with E-state index in [1.165, 1.54) is 15.3 Å². The lowest BCUT2D eigenvalue weighted by molar-refractivity contribution is 0.354. The summed E-state index contributed by atoms with van der Waals surface area (Å²) in [7, 11) is 3.33. The number of hydrogen-bond donors (Lipinski definition) is 1. The van der Waals surface area contributed by atoms with E-state index in [9.17, 15) is 0 Å². The fraction of sp³-hybridized carbons (Fsp3) is 0.412. The molecule has 2 rings (SSSR count). The van der Waals surface area contributed by atoms with Gasteiger partial charge in [0.25, 0.3) is 0 Å². The van der Waals surface area contributed by atoms with Crippen molar-refractivity contribution in [3.05, 3.63) is 45.6 Å². The van der Waals surface area contributed by atoms with Crippen LogP contribution >= 0.6 is 11.3 Å². The van der Waals surface area contributed by atoms with Gasteiger partial charge in [0.15, 0.2) is 11.5 Å². The summed E-state index contributed by atoms with van der Waals surface area (Å²) < 4.78 is 10.7. The van der Waals surface area contributed by atoms with Crippen LogP contribution in [0.5, 0.6) is 11.5 Å². The predicted octanol–water partition coefficient (Wildman–Crippen LogP) is 4.16. The molecule has 1 aromatic heterocycles. The molecule has 1 N–H and O–H groups in total. The fourth-order valence-electron chi connectivity index (χ4n) is 2.31. The van der Waals surface area contributed by atoms with Crippen LogP contribution in [0, 0.1) is 6.92 Å². The average molecular weight is 305 g/mol. The van der Waals surface area contributed by atoms with Crippen LogP contribution in [0.15, 0.2) is 30.3 Å². The summed E-state index contributed by atoms with van der Waals surface area (Å²) in [6.45, 7) is 5.30. The molecule has 0 aliphatic rings. The van der Waals surface area contributed by atoms with Crippen molar-refractivity contribution in [2.75, 3.05) is 20.8 Å². The second-order valence-electron chi connectivity index (χ2n) is 4.95. The second kappa shape index (κ2) is 7.48. The Balaban J connectivity index is 2.36. The Morgan fingerprint density at radius 3 is 2.43 bits per heavy atom. The monoisotopic (exact) mass is 305 g/mol. The first-order valence-electron chi connectivity index (χ1n) is 7.21. The molecule has 0 bridgehead atoms. The molecule has 2 aromatic rings. The summed E-state index contributed by atoms with van der Waals surface area (Å²) in [6, 6.07) is 10.7. The zero-order valence-corrected chi connectivity index (χ0v) is 13.9. The minimum atomic E-state index is 0.198. The standard InChI is InChI=1S/C17H23NO2S/c1-5-10-18-17(16-9-6-12(2)21-16)13-7-8-14(19-3)15(11-13)20-4/h6-9,11,17-18H,5,10H2,1-4H3. The van der Waals surface area contributed by atoms with E-state index < -0.39 is 0 Å². The minimum Gasteiger partial charge on any atom is -0.493 e. The molecular formula is C17H23NO2S. The molecule has 1 unspecified atom stereocenters. The number of aryl methyl sites for hydroxylation is 1. The molecule has 0 radical (unpaired) electrons. The molecule has 1 aromatic carbocycles. The Morgan fingerprint density at radius 1 is 1.10 bits per heavy atom. The van der Waals surface area contributed by atoms with E-state index >= 15 is 0 Å². The molecule has 0 saturated heterocycles. The molecule has 3 nitrogen and oxygen atoms in total. The number of ether oxygens (including phenoxy) is 2. The predicted molar refractivity (Wildman–Crippen MR) is 88.7 cm³/mol. The van der Waals surface area contributed by atoms with E-state index in [0.717, 1.165) is 24.5 Å². The highest BCUT2D eigenvalue weighted by atomic mass is 32.1. The van der Waals surface area contributed by atoms with Gasteiger partial charge in [-0.2, -0.15) is 0 Å². The third kappa shape index (κ3) is 3.77. The highest BCUT2D eigenvalue weighted by molar-refractivity contribution is 7.12. The molecule has 1 atom stereocenters. The summed E-state index contributed by atoms with van der Waals surface area (Å²) in [5.41, 5.74) is 1.20. The quantitative estimate of drug-likeness (QED) is 0.833. The molecule has 21 heavy (non-hydrogen) atoms. The van der Waals surface area contributed by atoms with E-state index in [1.54, 1.807) is 14.2 Å². The third-order valence-corrected chi connectivity index (χ3v) is 4.45. The van der Waals surface area contributed by atoms with Crippen LogP contribution < -0.4 is 14.8 Å². The van der Waals surface area contributed by atoms with Crippen LogP contribution in [0.25, 0.3) is 0 Å². The number of benzene rings is 1. The molecule has 0 spiro atoms. The average Bonchev–Trinajstić information content (AvgIpc) is 2.93. The summed E-state index contributed by atoms with van der Waals surface area (Å²) >= 11 is 1.83. The maximum atomic E-state index is 5.42. The van der Waals surface area contributed by atoms with Gasteiger partial charge in [-0.1, -0.05) is 13.0 Å². The van der Waals surface area contributed by atoms with Crippen molar-refractivity contribution in [1.82, 2.24) is 5.32 Å². The lowest BCUT2D eigenvalue weighted by Crippen LogP contribution is -2.22. The molecule has 0 saturated carbocycles. The maximum Gasteiger partial charge on any atom is 0.161 e. The van der Waals surface area contributed by atoms with Crippen molar-refractivity contribution < 1.29 is 9.47 Å². The van der Waals surface area contributed by atoms with Crippen molar-refractivity contribution >= 4 is 11.3 Å². The van der Waals surface area contributed by atoms with Crippen LogP contribution in [0.3, 0.4) is 0 Å². The number of rotatable bonds is 7. The van der Waals surface area contributed by atoms with Crippen LogP contribution in [0.1, 0.15) is 34.7 Å². The Hall–Kier alpha value is -1.52. The lowest BCUT2D eigenvalue weighted by atomic mass is 10.0. The number of methoxy groups -OCH3 is 2. The van der Waals surface area contributed by atoms with Crippen molar-refractivity contribution in [3.63, 3.8) is 0 Å². The molecule has 114 valence electrons. The lowest BCUT2D eigenvalue weighted by Gasteiger charge is -2.19. The van der Waals surface area contributed by atoms with Crippen LogP contribution in [0.2, 0.25) is 0 Å². The molecule has 0 aliphatic heterocycles. The number of hydrogen-bond acceptors (Lipinski definition) is 4. The minimum absolute atomic E-state index is 0.198. The van der Waals surface area contributed by atoms with Gasteiger partial charge in [0.05, 0.1) is 20.3 Å². The van der Waals surface area contributed by atoms with Gasteiger partial charge in [-0.15, -0.1) is 11.3 Å². The second-order valence-corrected chi connectivity index (χ2v) is 6.27. The Labute approximate surface area is 130 Å². The molecule has 0 fully saturated rings. The summed E-state index contributed by atoms with van der Waals surface area (Å²) in [5.74, 6) is 1.53. The van der Waals surface area contributed by atoms with E-state index in [0.29, 0.717) is 0 Å². The van der Waals surface area contributed by atoms with Gasteiger partial charge in [-0.3, -0.25) is 0 Å². The molecule has 0 aliphatic carbocycles. The summed E-state index contributed by atoms with van der Waals surface area (Å²) in [4.78, 5) is 2.65. The summed E-state index contributed by atoms with van der Waals surface area (Å²) in [5, 5.41) is 3.62. The van der Waals surface area contributed by atoms with Gasteiger partial charge in [0.1, 0.15) is 0 Å². The largest absolute Gasteiger partial charge is 0.493 e. The number of nitrogens with one attached hydrogen (secondary N) is 1. The Bertz CT molecular complexity index is 580. The van der Waals surface area contributed by atoms with Crippen LogP contribution in [-0.4, -0.2) is 20.8 Å². The SMILES string of the molecule is CCCNC(c1ccc(OC)c(OC)c1)c1ccc(C)s1. The first kappa shape index (κ1) is 15.9. The topological polar surface area (TPSA) is 30.5 Å². The van der Waals surface area contributed by atoms with Gasteiger partial charge in [0, 0.05) is 9.75 Å². The zero-order chi connectivity index (χ0) is 15.2. The Kier molecular flexibility index (Phi) is 5.65. The fourth-order valence-corrected chi connectivity index (χ4v) is 3.29. The van der Waals surface area contributed by atoms with Gasteiger partial charge in [-0.25, -0.2) is 0 Å². The highest BCUT2D eigenvalue weighted by Crippen LogP contribution is 2.34. The smallest absolute Gasteiger partial charge is 0.161 e. The van der Waals surface area contributed by atoms with E-state index in [2.05, 4.69) is 43.4 Å². The Morgan fingerprint density at radius 2 is 1.86 bits per heavy atom. The number of thiophene rings is 1. The first-order chi connectivity index (χ1) is 10.2. The summed E-state index contributed by atoms with van der Waals surface area (Å²) in [6.07, 6.45) is 1.11. The van der Waals surface area contributed by atoms with E-state index in [4.69, 9.17) is 9.47 Å². The van der Waals surface area contributed by atoms with Crippen molar-refractivity contribution in [2.24, 2.45) is 0 Å². The van der Waals surface area contributed by atoms with Gasteiger partial charge in [0.2, 0.25) is 0 Å². The van der Waals surface area contributed by atoms with E-state index in [-0.39, 0.29) is 6.04 Å². The molecule has 1 heterocycles. The van der Waals surface area contributed by atoms with Crippen molar-refractivity contribution in [3.8, 4) is 11.5 Å². The van der Waals surface area contributed by atoms with Crippen molar-refractivity contribution in [1.29, 1.82) is 0 Å². The molecular weight excluding hydrogens is 282 g/mol. The normalized spacial score (nSPS) is 12.2. The van der Waals surface area contributed by atoms with Gasteiger partial charge >= 0.3 is 0 Å². The highest BCUT2D eigenvalue weighted by Gasteiger charge is 2.17. The van der Waals surface area contributed by atoms with Gasteiger partial charge in [-0.05, 0) is 49.7 Å². The van der Waals surface area contributed by atoms with Gasteiger partial charge < -0.3 is 14.8 Å². The van der Waals surface area contributed by atoms with Crippen molar-refractivity contribution in [2.45, 2.75) is 26.3 Å². The molecule has 0 amide bonds. The maximum absolute atomic E-state index is 5.42. The zero-order valence-electron chi connectivity index (χ0n) is 13.1. The molecule has 4 heteroatoms. The first-order valence-corrected chi connectivity index (χ1v) is 8.02. The van der Waals surface area contributed by atoms with Crippen LogP contribution in [-0.2, 0) is 0 Å². The van der Waals surface area contributed by atoms with Crippen LogP contribution in [0.4, 0.5) is 0 Å². The third-order valence-electron chi connectivity index (χ3n) is 3.39. The van der Waals surface area contributed by atoms with E-state index in [1.807, 2.05) is 17.4 Å².